The molecule has 2 saturated heterocycles. The molecule has 0 saturated carbocycles. The molecule has 0 radical (unpaired) electrons. The third-order valence-electron chi connectivity index (χ3n) is 8.50. The van der Waals surface area contributed by atoms with Crippen LogP contribution in [0.25, 0.3) is 0 Å². The highest BCUT2D eigenvalue weighted by Gasteiger charge is 2.60. The molecular weight excluding hydrogens is 645 g/mol. The van der Waals surface area contributed by atoms with Gasteiger partial charge in [0.2, 0.25) is 5.91 Å². The Balaban J connectivity index is 1.40. The molecule has 47 heavy (non-hydrogen) atoms. The number of amides is 2. The molecule has 14 heteroatoms. The van der Waals surface area contributed by atoms with Gasteiger partial charge in [0.1, 0.15) is 11.3 Å². The lowest BCUT2D eigenvalue weighted by molar-refractivity contribution is -0.165. The normalized spacial score (nSPS) is 25.0. The molecule has 5 rings (SSSR count). The van der Waals surface area contributed by atoms with Gasteiger partial charge >= 0.3 is 22.3 Å². The molecule has 12 nitrogen and oxygen atoms in total. The highest BCUT2D eigenvalue weighted by atomic mass is 32.2. The smallest absolute Gasteiger partial charge is 0.425 e. The molecule has 0 unspecified atom stereocenters. The molecule has 4 N–H and O–H groups in total. The number of β-lactam (4-membered cyclic amide) rings is 1. The molecule has 2 aromatic rings. The number of fused-ring (bicyclic) bond motifs is 1. The van der Waals surface area contributed by atoms with Crippen molar-refractivity contribution in [2.24, 2.45) is 17.0 Å². The van der Waals surface area contributed by atoms with Gasteiger partial charge < -0.3 is 24.8 Å². The lowest BCUT2D eigenvalue weighted by atomic mass is 9.79. The second kappa shape index (κ2) is 13.6. The predicted molar refractivity (Wildman–Crippen MR) is 177 cm³/mol. The van der Waals surface area contributed by atoms with Crippen LogP contribution in [0.2, 0.25) is 0 Å². The minimum Gasteiger partial charge on any atom is -0.448 e. The second-order valence-corrected chi connectivity index (χ2v) is 16.0. The van der Waals surface area contributed by atoms with Crippen LogP contribution < -0.4 is 10.5 Å². The van der Waals surface area contributed by atoms with Gasteiger partial charge in [-0.15, -0.1) is 11.8 Å². The number of esters is 1. The molecule has 2 aromatic carbocycles. The zero-order chi connectivity index (χ0) is 34.3. The van der Waals surface area contributed by atoms with Crippen molar-refractivity contribution in [2.75, 3.05) is 13.1 Å². The summed E-state index contributed by atoms with van der Waals surface area (Å²) in [6, 6.07) is 17.9. The van der Waals surface area contributed by atoms with Gasteiger partial charge in [0.25, 0.3) is 0 Å². The summed E-state index contributed by atoms with van der Waals surface area (Å²) >= 11 is 1.42. The third kappa shape index (κ3) is 7.51. The summed E-state index contributed by atoms with van der Waals surface area (Å²) < 4.78 is 36.6. The van der Waals surface area contributed by atoms with Crippen molar-refractivity contribution >= 4 is 39.9 Å². The number of aliphatic hydroxyl groups is 1. The van der Waals surface area contributed by atoms with E-state index in [0.717, 1.165) is 11.1 Å². The van der Waals surface area contributed by atoms with E-state index in [1.807, 2.05) is 67.6 Å². The van der Waals surface area contributed by atoms with Crippen LogP contribution in [0.5, 0.6) is 0 Å². The molecule has 2 fully saturated rings. The SMILES string of the molecule is C[C@@H]1C(S[C@@H]2CN[C@H](CN(C(=O)OC(C)(C)C)S(N)(=O)=O)C2)=C(C(=O)OC(c2ccccc2)c2ccccc2)N2C(=O)[C@H]([C@@H](C)O)[C@H]12. The Morgan fingerprint density at radius 2 is 1.68 bits per heavy atom. The van der Waals surface area contributed by atoms with Gasteiger partial charge in [-0.05, 0) is 45.2 Å². The zero-order valence-corrected chi connectivity index (χ0v) is 28.7. The average Bonchev–Trinajstić information content (AvgIpc) is 3.53. The first kappa shape index (κ1) is 34.9. The number of thioether (sulfide) groups is 1. The number of nitrogens with one attached hydrogen (secondary N) is 1. The van der Waals surface area contributed by atoms with Crippen LogP contribution in [-0.4, -0.2) is 82.8 Å². The molecule has 0 bridgehead atoms. The summed E-state index contributed by atoms with van der Waals surface area (Å²) in [5, 5.41) is 18.9. The van der Waals surface area contributed by atoms with Gasteiger partial charge in [-0.1, -0.05) is 67.6 Å². The molecule has 0 aromatic heterocycles. The summed E-state index contributed by atoms with van der Waals surface area (Å²) in [6.07, 6.45) is -2.25. The monoisotopic (exact) mass is 686 g/mol. The number of benzene rings is 2. The quantitative estimate of drug-likeness (QED) is 0.249. The van der Waals surface area contributed by atoms with Crippen molar-refractivity contribution in [1.82, 2.24) is 14.5 Å². The third-order valence-corrected chi connectivity index (χ3v) is 10.9. The van der Waals surface area contributed by atoms with Crippen LogP contribution in [0.15, 0.2) is 71.3 Å². The van der Waals surface area contributed by atoms with Crippen LogP contribution in [0.4, 0.5) is 4.79 Å². The Bertz CT molecular complexity index is 1590. The first-order chi connectivity index (χ1) is 22.1. The first-order valence-corrected chi connectivity index (χ1v) is 17.9. The fraction of sp³-hybridized carbons (Fsp3) is 0.485. The first-order valence-electron chi connectivity index (χ1n) is 15.6. The molecule has 3 heterocycles. The molecule has 6 atom stereocenters. The lowest BCUT2D eigenvalue weighted by Crippen LogP contribution is -2.63. The minimum absolute atomic E-state index is 0.140. The van der Waals surface area contributed by atoms with Crippen LogP contribution in [0, 0.1) is 11.8 Å². The van der Waals surface area contributed by atoms with E-state index in [0.29, 0.717) is 22.2 Å². The Morgan fingerprint density at radius 3 is 2.19 bits per heavy atom. The number of ether oxygens (including phenoxy) is 2. The van der Waals surface area contributed by atoms with Crippen molar-refractivity contribution < 1.29 is 37.4 Å². The number of aliphatic hydroxyl groups excluding tert-OH is 1. The van der Waals surface area contributed by atoms with Crippen LogP contribution >= 0.6 is 11.8 Å². The predicted octanol–water partition coefficient (Wildman–Crippen LogP) is 3.29. The standard InChI is InChI=1S/C33H42N4O8S2/c1-19-26-25(20(2)38)30(39)37(26)27(31(40)44-28(21-12-8-6-9-13-21)22-14-10-7-11-15-22)29(19)46-24-16-23(35-17-24)18-36(47(34,42)43)32(41)45-33(3,4)5/h6-15,19-20,23-26,28,35,38H,16-18H2,1-5H3,(H2,34,42,43)/t19-,20+,23-,24-,25+,26-/m0/s1. The molecule has 3 aliphatic rings. The van der Waals surface area contributed by atoms with Gasteiger partial charge in [-0.25, -0.2) is 14.7 Å². The molecule has 3 aliphatic heterocycles. The number of carbonyl (C=O) groups is 3. The van der Waals surface area contributed by atoms with Crippen molar-refractivity contribution in [3.63, 3.8) is 0 Å². The van der Waals surface area contributed by atoms with Crippen molar-refractivity contribution in [3.8, 4) is 0 Å². The van der Waals surface area contributed by atoms with E-state index >= 15 is 0 Å². The summed E-state index contributed by atoms with van der Waals surface area (Å²) in [7, 11) is -4.40. The number of rotatable bonds is 10. The number of hydrogen-bond donors (Lipinski definition) is 3. The molecule has 0 spiro atoms. The molecule has 254 valence electrons. The molecular formula is C33H42N4O8S2. The highest BCUT2D eigenvalue weighted by Crippen LogP contribution is 2.52. The maximum absolute atomic E-state index is 14.1. The topological polar surface area (TPSA) is 169 Å². The van der Waals surface area contributed by atoms with E-state index < -0.39 is 58.1 Å². The number of nitrogens with two attached hydrogens (primary N) is 1. The van der Waals surface area contributed by atoms with E-state index in [2.05, 4.69) is 5.32 Å². The largest absolute Gasteiger partial charge is 0.448 e. The van der Waals surface area contributed by atoms with Crippen molar-refractivity contribution in [1.29, 1.82) is 0 Å². The Morgan fingerprint density at radius 1 is 1.11 bits per heavy atom. The Labute approximate surface area is 279 Å². The van der Waals surface area contributed by atoms with E-state index in [1.165, 1.54) is 16.7 Å². The van der Waals surface area contributed by atoms with Gasteiger partial charge in [-0.2, -0.15) is 12.7 Å². The van der Waals surface area contributed by atoms with Gasteiger partial charge in [-0.3, -0.25) is 4.79 Å². The van der Waals surface area contributed by atoms with Crippen LogP contribution in [0.1, 0.15) is 58.3 Å². The summed E-state index contributed by atoms with van der Waals surface area (Å²) in [4.78, 5) is 42.3. The number of carbonyl (C=O) groups excluding carboxylic acids is 3. The molecule has 0 aliphatic carbocycles. The fourth-order valence-electron chi connectivity index (χ4n) is 6.40. The average molecular weight is 687 g/mol. The Kier molecular flexibility index (Phi) is 10.1. The number of nitrogens with zero attached hydrogens (tertiary/aromatic N) is 2. The van der Waals surface area contributed by atoms with E-state index in [-0.39, 0.29) is 29.3 Å². The minimum atomic E-state index is -4.40. The lowest BCUT2D eigenvalue weighted by Gasteiger charge is -2.46. The van der Waals surface area contributed by atoms with E-state index in [9.17, 15) is 27.9 Å². The maximum atomic E-state index is 14.1. The fourth-order valence-corrected chi connectivity index (χ4v) is 8.55. The second-order valence-electron chi connectivity index (χ2n) is 13.2. The zero-order valence-electron chi connectivity index (χ0n) is 27.0. The number of hydrogen-bond acceptors (Lipinski definition) is 10. The van der Waals surface area contributed by atoms with E-state index in [4.69, 9.17) is 14.6 Å². The summed E-state index contributed by atoms with van der Waals surface area (Å²) in [5.74, 6) is -1.91. The van der Waals surface area contributed by atoms with Crippen LogP contribution in [0.3, 0.4) is 0 Å². The van der Waals surface area contributed by atoms with Crippen LogP contribution in [-0.2, 0) is 29.3 Å². The van der Waals surface area contributed by atoms with Gasteiger partial charge in [0.15, 0.2) is 6.10 Å². The maximum Gasteiger partial charge on any atom is 0.425 e. The highest BCUT2D eigenvalue weighted by molar-refractivity contribution is 8.03. The van der Waals surface area contributed by atoms with Gasteiger partial charge in [0.05, 0.1) is 24.6 Å². The Hall–Kier alpha value is -3.43. The van der Waals surface area contributed by atoms with E-state index in [1.54, 1.807) is 27.7 Å². The molecule has 2 amide bonds. The van der Waals surface area contributed by atoms with Crippen molar-refractivity contribution in [2.45, 2.75) is 76.2 Å². The summed E-state index contributed by atoms with van der Waals surface area (Å²) in [6.45, 7) is 8.59. The summed E-state index contributed by atoms with van der Waals surface area (Å²) in [5.41, 5.74) is 0.782. The van der Waals surface area contributed by atoms with Crippen molar-refractivity contribution in [3.05, 3.63) is 82.4 Å². The van der Waals surface area contributed by atoms with Gasteiger partial charge in [0, 0.05) is 28.7 Å².